The van der Waals surface area contributed by atoms with Gasteiger partial charge in [0.15, 0.2) is 0 Å². The summed E-state index contributed by atoms with van der Waals surface area (Å²) >= 11 is 0. The van der Waals surface area contributed by atoms with Gasteiger partial charge in [0.05, 0.1) is 12.7 Å². The van der Waals surface area contributed by atoms with Crippen molar-refractivity contribution in [2.24, 2.45) is 5.92 Å². The van der Waals surface area contributed by atoms with E-state index in [1.807, 2.05) is 12.1 Å². The zero-order valence-electron chi connectivity index (χ0n) is 16.9. The minimum absolute atomic E-state index is 0.00747. The van der Waals surface area contributed by atoms with Crippen molar-refractivity contribution in [2.45, 2.75) is 51.2 Å². The predicted octanol–water partition coefficient (Wildman–Crippen LogP) is 5.16. The van der Waals surface area contributed by atoms with Crippen LogP contribution in [0.15, 0.2) is 54.6 Å². The Kier molecular flexibility index (Phi) is 6.92. The standard InChI is InChI=1S/C24H33NO2/c1-24(2)17-21(14-16-27-24)23(20-7-5-4-6-8-20)13-15-25-18-19-9-11-22(26-3)12-10-19/h4-12,21,23,25H,13-18H2,1-3H3/t21-,23+/m0/s1. The van der Waals surface area contributed by atoms with Gasteiger partial charge < -0.3 is 14.8 Å². The highest BCUT2D eigenvalue weighted by Gasteiger charge is 2.33. The van der Waals surface area contributed by atoms with E-state index in [0.29, 0.717) is 11.8 Å². The van der Waals surface area contributed by atoms with Crippen molar-refractivity contribution in [3.8, 4) is 5.75 Å². The second-order valence-electron chi connectivity index (χ2n) is 8.19. The van der Waals surface area contributed by atoms with Crippen molar-refractivity contribution in [3.63, 3.8) is 0 Å². The molecule has 2 atom stereocenters. The summed E-state index contributed by atoms with van der Waals surface area (Å²) in [4.78, 5) is 0. The van der Waals surface area contributed by atoms with E-state index >= 15 is 0 Å². The van der Waals surface area contributed by atoms with Gasteiger partial charge in [0, 0.05) is 13.2 Å². The van der Waals surface area contributed by atoms with Crippen molar-refractivity contribution >= 4 is 0 Å². The fourth-order valence-electron chi connectivity index (χ4n) is 4.23. The van der Waals surface area contributed by atoms with Gasteiger partial charge in [0.1, 0.15) is 5.75 Å². The van der Waals surface area contributed by atoms with Crippen LogP contribution in [0.3, 0.4) is 0 Å². The molecule has 0 aromatic heterocycles. The lowest BCUT2D eigenvalue weighted by Crippen LogP contribution is -2.36. The molecule has 0 amide bonds. The van der Waals surface area contributed by atoms with Crippen molar-refractivity contribution in [1.29, 1.82) is 0 Å². The van der Waals surface area contributed by atoms with E-state index in [1.165, 1.54) is 11.1 Å². The molecule has 3 nitrogen and oxygen atoms in total. The van der Waals surface area contributed by atoms with Crippen LogP contribution in [0.1, 0.15) is 50.2 Å². The van der Waals surface area contributed by atoms with Gasteiger partial charge in [-0.1, -0.05) is 42.5 Å². The molecule has 0 saturated carbocycles. The number of hydrogen-bond acceptors (Lipinski definition) is 3. The maximum atomic E-state index is 5.96. The highest BCUT2D eigenvalue weighted by atomic mass is 16.5. The van der Waals surface area contributed by atoms with Gasteiger partial charge in [-0.05, 0) is 74.8 Å². The average molecular weight is 368 g/mol. The zero-order chi connectivity index (χ0) is 19.1. The Morgan fingerprint density at radius 2 is 1.85 bits per heavy atom. The summed E-state index contributed by atoms with van der Waals surface area (Å²) in [6, 6.07) is 19.3. The van der Waals surface area contributed by atoms with E-state index in [-0.39, 0.29) is 5.60 Å². The van der Waals surface area contributed by atoms with Crippen LogP contribution in [0.2, 0.25) is 0 Å². The smallest absolute Gasteiger partial charge is 0.118 e. The summed E-state index contributed by atoms with van der Waals surface area (Å²) in [7, 11) is 1.70. The summed E-state index contributed by atoms with van der Waals surface area (Å²) in [5, 5.41) is 3.63. The lowest BCUT2D eigenvalue weighted by Gasteiger charge is -2.39. The number of nitrogens with one attached hydrogen (secondary N) is 1. The molecule has 2 aromatic carbocycles. The van der Waals surface area contributed by atoms with Gasteiger partial charge in [-0.3, -0.25) is 0 Å². The molecule has 0 aliphatic carbocycles. The van der Waals surface area contributed by atoms with Crippen molar-refractivity contribution < 1.29 is 9.47 Å². The third kappa shape index (κ3) is 5.82. The molecule has 1 aliphatic heterocycles. The van der Waals surface area contributed by atoms with Crippen LogP contribution in [0.4, 0.5) is 0 Å². The molecular weight excluding hydrogens is 334 g/mol. The van der Waals surface area contributed by atoms with Crippen molar-refractivity contribution in [1.82, 2.24) is 5.32 Å². The Bertz CT molecular complexity index is 681. The topological polar surface area (TPSA) is 30.5 Å². The summed E-state index contributed by atoms with van der Waals surface area (Å²) in [6.07, 6.45) is 3.44. The number of benzene rings is 2. The van der Waals surface area contributed by atoms with Crippen LogP contribution in [0.5, 0.6) is 5.75 Å². The van der Waals surface area contributed by atoms with Crippen molar-refractivity contribution in [2.75, 3.05) is 20.3 Å². The molecule has 1 aliphatic rings. The van der Waals surface area contributed by atoms with Gasteiger partial charge in [-0.2, -0.15) is 0 Å². The molecule has 1 fully saturated rings. The monoisotopic (exact) mass is 367 g/mol. The molecule has 0 radical (unpaired) electrons. The van der Waals surface area contributed by atoms with E-state index in [2.05, 4.69) is 61.6 Å². The second kappa shape index (κ2) is 9.38. The van der Waals surface area contributed by atoms with Crippen LogP contribution >= 0.6 is 0 Å². The SMILES string of the molecule is COc1ccc(CNCC[C@H](c2ccccc2)[C@H]2CCOC(C)(C)C2)cc1. The third-order valence-corrected chi connectivity index (χ3v) is 5.65. The molecule has 0 bridgehead atoms. The zero-order valence-corrected chi connectivity index (χ0v) is 16.9. The van der Waals surface area contributed by atoms with Crippen LogP contribution in [-0.4, -0.2) is 25.9 Å². The van der Waals surface area contributed by atoms with Gasteiger partial charge in [-0.15, -0.1) is 0 Å². The number of methoxy groups -OCH3 is 1. The van der Waals surface area contributed by atoms with Crippen LogP contribution in [0.25, 0.3) is 0 Å². The average Bonchev–Trinajstić information content (AvgIpc) is 2.68. The summed E-state index contributed by atoms with van der Waals surface area (Å²) in [5.74, 6) is 2.17. The van der Waals surface area contributed by atoms with Crippen molar-refractivity contribution in [3.05, 3.63) is 65.7 Å². The van der Waals surface area contributed by atoms with Gasteiger partial charge >= 0.3 is 0 Å². The molecule has 1 heterocycles. The lowest BCUT2D eigenvalue weighted by atomic mass is 9.75. The highest BCUT2D eigenvalue weighted by molar-refractivity contribution is 5.27. The molecular formula is C24H33NO2. The summed E-state index contributed by atoms with van der Waals surface area (Å²) < 4.78 is 11.2. The molecule has 3 heteroatoms. The molecule has 1 N–H and O–H groups in total. The molecule has 0 spiro atoms. The Morgan fingerprint density at radius 3 is 2.52 bits per heavy atom. The third-order valence-electron chi connectivity index (χ3n) is 5.65. The quantitative estimate of drug-likeness (QED) is 0.654. The van der Waals surface area contributed by atoms with Gasteiger partial charge in [0.2, 0.25) is 0 Å². The number of rotatable bonds is 8. The van der Waals surface area contributed by atoms with Gasteiger partial charge in [-0.25, -0.2) is 0 Å². The van der Waals surface area contributed by atoms with Crippen LogP contribution < -0.4 is 10.1 Å². The normalized spacial score (nSPS) is 20.2. The maximum Gasteiger partial charge on any atom is 0.118 e. The van der Waals surface area contributed by atoms with Crippen LogP contribution in [-0.2, 0) is 11.3 Å². The summed E-state index contributed by atoms with van der Waals surface area (Å²) in [6.45, 7) is 7.24. The fourth-order valence-corrected chi connectivity index (χ4v) is 4.23. The Balaban J connectivity index is 1.58. The Hall–Kier alpha value is -1.84. The maximum absolute atomic E-state index is 5.96. The Morgan fingerprint density at radius 1 is 1.11 bits per heavy atom. The lowest BCUT2D eigenvalue weighted by molar-refractivity contribution is -0.0771. The largest absolute Gasteiger partial charge is 0.497 e. The second-order valence-corrected chi connectivity index (χ2v) is 8.19. The number of ether oxygens (including phenoxy) is 2. The molecule has 27 heavy (non-hydrogen) atoms. The molecule has 2 aromatic rings. The minimum atomic E-state index is -0.00747. The number of hydrogen-bond donors (Lipinski definition) is 1. The van der Waals surface area contributed by atoms with E-state index in [1.54, 1.807) is 7.11 Å². The minimum Gasteiger partial charge on any atom is -0.497 e. The van der Waals surface area contributed by atoms with Gasteiger partial charge in [0.25, 0.3) is 0 Å². The Labute approximate surface area is 164 Å². The van der Waals surface area contributed by atoms with E-state index in [0.717, 1.165) is 44.7 Å². The molecule has 0 unspecified atom stereocenters. The summed E-state index contributed by atoms with van der Waals surface area (Å²) in [5.41, 5.74) is 2.75. The molecule has 3 rings (SSSR count). The fraction of sp³-hybridized carbons (Fsp3) is 0.500. The highest BCUT2D eigenvalue weighted by Crippen LogP contribution is 2.39. The van der Waals surface area contributed by atoms with Crippen LogP contribution in [0, 0.1) is 5.92 Å². The molecule has 146 valence electrons. The first-order valence-electron chi connectivity index (χ1n) is 10.1. The predicted molar refractivity (Wildman–Crippen MR) is 111 cm³/mol. The van der Waals surface area contributed by atoms with E-state index in [4.69, 9.17) is 9.47 Å². The first kappa shape index (κ1) is 19.9. The first-order valence-corrected chi connectivity index (χ1v) is 10.1. The molecule has 1 saturated heterocycles. The van der Waals surface area contributed by atoms with E-state index in [9.17, 15) is 0 Å². The van der Waals surface area contributed by atoms with E-state index < -0.39 is 0 Å². The first-order chi connectivity index (χ1) is 13.1.